The highest BCUT2D eigenvalue weighted by Crippen LogP contribution is 2.16. The number of nitrogens with zero attached hydrogens (tertiary/aromatic N) is 1. The van der Waals surface area contributed by atoms with Crippen molar-refractivity contribution in [2.24, 2.45) is 5.10 Å². The number of benzene rings is 3. The Hall–Kier alpha value is -4.17. The van der Waals surface area contributed by atoms with E-state index in [9.17, 15) is 14.4 Å². The highest BCUT2D eigenvalue weighted by molar-refractivity contribution is 6.30. The number of carbonyl (C=O) groups excluding carboxylic acids is 3. The number of carbonyl (C=O) groups is 3. The van der Waals surface area contributed by atoms with E-state index in [1.807, 2.05) is 0 Å². The van der Waals surface area contributed by atoms with Crippen molar-refractivity contribution in [2.45, 2.75) is 19.8 Å². The number of esters is 1. The first-order chi connectivity index (χ1) is 17.4. The van der Waals surface area contributed by atoms with E-state index in [0.29, 0.717) is 39.8 Å². The fourth-order valence-corrected chi connectivity index (χ4v) is 3.05. The van der Waals surface area contributed by atoms with Gasteiger partial charge in [0.1, 0.15) is 11.5 Å². The average Bonchev–Trinajstić information content (AvgIpc) is 2.88. The quantitative estimate of drug-likeness (QED) is 0.129. The zero-order valence-corrected chi connectivity index (χ0v) is 20.5. The summed E-state index contributed by atoms with van der Waals surface area (Å²) in [6.07, 6.45) is 3.40. The Morgan fingerprint density at radius 3 is 2.39 bits per heavy atom. The monoisotopic (exact) mass is 507 g/mol. The summed E-state index contributed by atoms with van der Waals surface area (Å²) >= 11 is 5.83. The van der Waals surface area contributed by atoms with E-state index >= 15 is 0 Å². The molecule has 0 saturated heterocycles. The zero-order valence-electron chi connectivity index (χ0n) is 19.7. The van der Waals surface area contributed by atoms with Crippen molar-refractivity contribution < 1.29 is 23.9 Å². The Bertz CT molecular complexity index is 1210. The lowest BCUT2D eigenvalue weighted by Gasteiger charge is -2.07. The van der Waals surface area contributed by atoms with Gasteiger partial charge in [0.05, 0.1) is 24.9 Å². The van der Waals surface area contributed by atoms with E-state index < -0.39 is 11.9 Å². The van der Waals surface area contributed by atoms with Crippen LogP contribution < -0.4 is 20.2 Å². The Morgan fingerprint density at radius 2 is 1.67 bits per heavy atom. The molecule has 3 rings (SSSR count). The SMILES string of the molecule is CCCCOc1ccc(C(=O)NCC(=O)NN=Cc2cccc(OC(=O)c3ccc(Cl)cc3)c2)cc1. The number of hydrogen-bond acceptors (Lipinski definition) is 6. The molecule has 0 aromatic heterocycles. The molecule has 0 saturated carbocycles. The second-order valence-electron chi connectivity index (χ2n) is 7.67. The molecule has 0 atom stereocenters. The molecule has 0 aliphatic carbocycles. The molecule has 3 aromatic carbocycles. The maximum Gasteiger partial charge on any atom is 0.343 e. The van der Waals surface area contributed by atoms with Gasteiger partial charge in [0.25, 0.3) is 11.8 Å². The Kier molecular flexibility index (Phi) is 10.0. The van der Waals surface area contributed by atoms with E-state index in [2.05, 4.69) is 22.8 Å². The standard InChI is InChI=1S/C27H26ClN3O5/c1-2-3-15-35-23-13-9-20(10-14-23)26(33)29-18-25(32)31-30-17-19-5-4-6-24(16-19)36-27(34)21-7-11-22(28)12-8-21/h4-14,16-17H,2-3,15,18H2,1H3,(H,29,33)(H,31,32). The minimum Gasteiger partial charge on any atom is -0.494 e. The van der Waals surface area contributed by atoms with Crippen molar-refractivity contribution in [2.75, 3.05) is 13.2 Å². The normalized spacial score (nSPS) is 10.6. The summed E-state index contributed by atoms with van der Waals surface area (Å²) < 4.78 is 10.9. The molecule has 36 heavy (non-hydrogen) atoms. The lowest BCUT2D eigenvalue weighted by atomic mass is 10.2. The van der Waals surface area contributed by atoms with Crippen LogP contribution in [0.15, 0.2) is 77.9 Å². The van der Waals surface area contributed by atoms with E-state index in [1.165, 1.54) is 6.21 Å². The summed E-state index contributed by atoms with van der Waals surface area (Å²) in [4.78, 5) is 36.5. The van der Waals surface area contributed by atoms with Crippen LogP contribution in [0, 0.1) is 0 Å². The predicted octanol–water partition coefficient (Wildman–Crippen LogP) is 4.62. The molecule has 2 N–H and O–H groups in total. The third-order valence-electron chi connectivity index (χ3n) is 4.84. The number of hydrogen-bond donors (Lipinski definition) is 2. The van der Waals surface area contributed by atoms with Gasteiger partial charge in [0.2, 0.25) is 0 Å². The molecule has 0 radical (unpaired) electrons. The summed E-state index contributed by atoms with van der Waals surface area (Å²) in [5.74, 6) is -0.396. The van der Waals surface area contributed by atoms with E-state index in [-0.39, 0.29) is 12.5 Å². The fraction of sp³-hybridized carbons (Fsp3) is 0.185. The van der Waals surface area contributed by atoms with Crippen LogP contribution in [0.1, 0.15) is 46.0 Å². The number of halogens is 1. The second kappa shape index (κ2) is 13.7. The maximum atomic E-state index is 12.2. The smallest absolute Gasteiger partial charge is 0.343 e. The molecular formula is C27H26ClN3O5. The van der Waals surface area contributed by atoms with Crippen molar-refractivity contribution in [1.29, 1.82) is 0 Å². The average molecular weight is 508 g/mol. The van der Waals surface area contributed by atoms with Crippen LogP contribution in [0.25, 0.3) is 0 Å². The second-order valence-corrected chi connectivity index (χ2v) is 8.11. The van der Waals surface area contributed by atoms with Gasteiger partial charge in [-0.15, -0.1) is 0 Å². The largest absolute Gasteiger partial charge is 0.494 e. The van der Waals surface area contributed by atoms with Gasteiger partial charge >= 0.3 is 5.97 Å². The van der Waals surface area contributed by atoms with Gasteiger partial charge in [-0.05, 0) is 72.6 Å². The Labute approximate surface area is 214 Å². The predicted molar refractivity (Wildman–Crippen MR) is 138 cm³/mol. The van der Waals surface area contributed by atoms with Gasteiger partial charge in [0.15, 0.2) is 0 Å². The Morgan fingerprint density at radius 1 is 0.944 bits per heavy atom. The highest BCUT2D eigenvalue weighted by atomic mass is 35.5. The zero-order chi connectivity index (χ0) is 25.8. The molecule has 0 fully saturated rings. The molecule has 0 spiro atoms. The van der Waals surface area contributed by atoms with E-state index in [0.717, 1.165) is 12.8 Å². The summed E-state index contributed by atoms with van der Waals surface area (Å²) in [7, 11) is 0. The van der Waals surface area contributed by atoms with Crippen molar-refractivity contribution >= 4 is 35.6 Å². The molecular weight excluding hydrogens is 482 g/mol. The van der Waals surface area contributed by atoms with Crippen molar-refractivity contribution in [3.63, 3.8) is 0 Å². The number of amides is 2. The van der Waals surface area contributed by atoms with E-state index in [4.69, 9.17) is 21.1 Å². The number of hydrazone groups is 1. The van der Waals surface area contributed by atoms with Crippen molar-refractivity contribution in [3.05, 3.63) is 94.5 Å². The van der Waals surface area contributed by atoms with Crippen molar-refractivity contribution in [3.8, 4) is 11.5 Å². The first kappa shape index (κ1) is 26.4. The highest BCUT2D eigenvalue weighted by Gasteiger charge is 2.09. The minimum atomic E-state index is -0.525. The van der Waals surface area contributed by atoms with E-state index in [1.54, 1.807) is 72.8 Å². The lowest BCUT2D eigenvalue weighted by Crippen LogP contribution is -2.34. The van der Waals surface area contributed by atoms with Gasteiger partial charge in [-0.1, -0.05) is 37.1 Å². The summed E-state index contributed by atoms with van der Waals surface area (Å²) in [6, 6.07) is 19.7. The lowest BCUT2D eigenvalue weighted by molar-refractivity contribution is -0.120. The third-order valence-corrected chi connectivity index (χ3v) is 5.10. The van der Waals surface area contributed by atoms with Crippen LogP contribution in [-0.4, -0.2) is 37.1 Å². The van der Waals surface area contributed by atoms with Gasteiger partial charge in [0, 0.05) is 10.6 Å². The van der Waals surface area contributed by atoms with Crippen molar-refractivity contribution in [1.82, 2.24) is 10.7 Å². The summed E-state index contributed by atoms with van der Waals surface area (Å²) in [5, 5.41) is 6.94. The molecule has 0 unspecified atom stereocenters. The topological polar surface area (TPSA) is 106 Å². The van der Waals surface area contributed by atoms with Gasteiger partial charge in [-0.25, -0.2) is 10.2 Å². The van der Waals surface area contributed by atoms with Gasteiger partial charge < -0.3 is 14.8 Å². The van der Waals surface area contributed by atoms with Crippen LogP contribution in [0.5, 0.6) is 11.5 Å². The van der Waals surface area contributed by atoms with Crippen LogP contribution in [0.2, 0.25) is 5.02 Å². The summed E-state index contributed by atoms with van der Waals surface area (Å²) in [5.41, 5.74) is 3.72. The van der Waals surface area contributed by atoms with Crippen LogP contribution in [0.4, 0.5) is 0 Å². The molecule has 9 heteroatoms. The third kappa shape index (κ3) is 8.56. The summed E-state index contributed by atoms with van der Waals surface area (Å²) in [6.45, 7) is 2.46. The minimum absolute atomic E-state index is 0.246. The number of ether oxygens (including phenoxy) is 2. The molecule has 0 aliphatic heterocycles. The number of nitrogens with one attached hydrogen (secondary N) is 2. The van der Waals surface area contributed by atoms with Gasteiger partial charge in [-0.2, -0.15) is 5.10 Å². The molecule has 0 aliphatic rings. The molecule has 186 valence electrons. The molecule has 0 heterocycles. The molecule has 3 aromatic rings. The first-order valence-corrected chi connectivity index (χ1v) is 11.7. The molecule has 2 amide bonds. The Balaban J connectivity index is 1.44. The van der Waals surface area contributed by atoms with Crippen LogP contribution in [-0.2, 0) is 4.79 Å². The maximum absolute atomic E-state index is 12.2. The van der Waals surface area contributed by atoms with Gasteiger partial charge in [-0.3, -0.25) is 9.59 Å². The van der Waals surface area contributed by atoms with Crippen LogP contribution in [0.3, 0.4) is 0 Å². The number of unbranched alkanes of at least 4 members (excludes halogenated alkanes) is 1. The molecule has 0 bridgehead atoms. The first-order valence-electron chi connectivity index (χ1n) is 11.4. The molecule has 8 nitrogen and oxygen atoms in total. The fourth-order valence-electron chi connectivity index (χ4n) is 2.93. The van der Waals surface area contributed by atoms with Crippen LogP contribution >= 0.6 is 11.6 Å². The number of rotatable bonds is 11.